The first-order valence-corrected chi connectivity index (χ1v) is 12.3. The molecule has 2 N–H and O–H groups in total. The summed E-state index contributed by atoms with van der Waals surface area (Å²) in [5.74, 6) is 2.34. The van der Waals surface area contributed by atoms with Gasteiger partial charge in [-0.05, 0) is 72.8 Å². The number of aromatic nitrogens is 3. The fourth-order valence-corrected chi connectivity index (χ4v) is 4.15. The summed E-state index contributed by atoms with van der Waals surface area (Å²) in [6.07, 6.45) is 0. The number of halogens is 2. The van der Waals surface area contributed by atoms with Crippen molar-refractivity contribution in [3.63, 3.8) is 0 Å². The van der Waals surface area contributed by atoms with Gasteiger partial charge in [0.25, 0.3) is 0 Å². The Kier molecular flexibility index (Phi) is 7.25. The van der Waals surface area contributed by atoms with Crippen molar-refractivity contribution in [2.24, 2.45) is 0 Å². The Morgan fingerprint density at radius 2 is 1.11 bits per heavy atom. The van der Waals surface area contributed by atoms with Gasteiger partial charge in [-0.1, -0.05) is 23.2 Å². The molecular weight excluding hydrogens is 497 g/mol. The second kappa shape index (κ2) is 10.9. The SMILES string of the molecule is COc1ccc(N2CCN(c3nc(Nc4ccc(Cl)cc4)nc(Nc4ccc(Cl)cc4)n3)CC2)cc1. The van der Waals surface area contributed by atoms with Crippen LogP contribution in [0.4, 0.5) is 34.9 Å². The van der Waals surface area contributed by atoms with E-state index in [1.54, 1.807) is 7.11 Å². The summed E-state index contributed by atoms with van der Waals surface area (Å²) in [6, 6.07) is 22.9. The normalized spacial score (nSPS) is 13.4. The average molecular weight is 522 g/mol. The molecule has 1 aliphatic heterocycles. The molecule has 0 unspecified atom stereocenters. The number of anilines is 6. The Hall–Kier alpha value is -3.75. The zero-order valence-corrected chi connectivity index (χ0v) is 21.2. The van der Waals surface area contributed by atoms with Gasteiger partial charge in [-0.3, -0.25) is 0 Å². The van der Waals surface area contributed by atoms with Gasteiger partial charge in [-0.15, -0.1) is 0 Å². The summed E-state index contributed by atoms with van der Waals surface area (Å²) in [7, 11) is 1.68. The predicted molar refractivity (Wildman–Crippen MR) is 147 cm³/mol. The van der Waals surface area contributed by atoms with Crippen molar-refractivity contribution in [1.82, 2.24) is 15.0 Å². The smallest absolute Gasteiger partial charge is 0.233 e. The maximum absolute atomic E-state index is 6.03. The summed E-state index contributed by atoms with van der Waals surface area (Å²) in [5, 5.41) is 7.85. The average Bonchev–Trinajstić information content (AvgIpc) is 2.91. The van der Waals surface area contributed by atoms with Gasteiger partial charge in [0.2, 0.25) is 17.8 Å². The van der Waals surface area contributed by atoms with Gasteiger partial charge in [-0.2, -0.15) is 15.0 Å². The maximum Gasteiger partial charge on any atom is 0.233 e. The number of nitrogens with one attached hydrogen (secondary N) is 2. The van der Waals surface area contributed by atoms with E-state index in [9.17, 15) is 0 Å². The van der Waals surface area contributed by atoms with Crippen LogP contribution in [-0.2, 0) is 0 Å². The number of hydrogen-bond donors (Lipinski definition) is 2. The van der Waals surface area contributed by atoms with Gasteiger partial charge in [0.15, 0.2) is 0 Å². The third-order valence-corrected chi connectivity index (χ3v) is 6.33. The summed E-state index contributed by atoms with van der Waals surface area (Å²) in [6.45, 7) is 3.24. The van der Waals surface area contributed by atoms with Gasteiger partial charge in [0.05, 0.1) is 7.11 Å². The van der Waals surface area contributed by atoms with Crippen LogP contribution in [0.5, 0.6) is 5.75 Å². The molecule has 3 aromatic carbocycles. The molecule has 1 aliphatic rings. The fourth-order valence-electron chi connectivity index (χ4n) is 3.90. The van der Waals surface area contributed by atoms with E-state index in [4.69, 9.17) is 37.9 Å². The van der Waals surface area contributed by atoms with Crippen LogP contribution in [0.2, 0.25) is 10.0 Å². The van der Waals surface area contributed by atoms with Crippen LogP contribution in [-0.4, -0.2) is 48.2 Å². The van der Waals surface area contributed by atoms with E-state index in [1.807, 2.05) is 60.7 Å². The lowest BCUT2D eigenvalue weighted by Crippen LogP contribution is -2.47. The highest BCUT2D eigenvalue weighted by atomic mass is 35.5. The van der Waals surface area contributed by atoms with Gasteiger partial charge in [0, 0.05) is 53.3 Å². The molecule has 0 saturated carbocycles. The van der Waals surface area contributed by atoms with Crippen molar-refractivity contribution in [3.8, 4) is 5.75 Å². The molecule has 0 atom stereocenters. The topological polar surface area (TPSA) is 78.4 Å². The van der Waals surface area contributed by atoms with Gasteiger partial charge in [0.1, 0.15) is 5.75 Å². The third kappa shape index (κ3) is 5.90. The van der Waals surface area contributed by atoms with E-state index in [2.05, 4.69) is 37.6 Å². The van der Waals surface area contributed by atoms with Gasteiger partial charge >= 0.3 is 0 Å². The minimum Gasteiger partial charge on any atom is -0.497 e. The van der Waals surface area contributed by atoms with Gasteiger partial charge < -0.3 is 25.2 Å². The van der Waals surface area contributed by atoms with Crippen LogP contribution < -0.4 is 25.2 Å². The second-order valence-corrected chi connectivity index (χ2v) is 9.09. The molecule has 8 nitrogen and oxygen atoms in total. The Balaban J connectivity index is 1.36. The number of benzene rings is 3. The number of hydrogen-bond acceptors (Lipinski definition) is 8. The molecule has 2 heterocycles. The lowest BCUT2D eigenvalue weighted by atomic mass is 10.2. The molecule has 184 valence electrons. The molecule has 0 amide bonds. The molecule has 0 aliphatic carbocycles. The van der Waals surface area contributed by atoms with Crippen LogP contribution >= 0.6 is 23.2 Å². The van der Waals surface area contributed by atoms with E-state index in [0.29, 0.717) is 27.9 Å². The molecule has 0 radical (unpaired) electrons. The summed E-state index contributed by atoms with van der Waals surface area (Å²) in [5.41, 5.74) is 2.83. The highest BCUT2D eigenvalue weighted by Crippen LogP contribution is 2.25. The molecule has 0 bridgehead atoms. The molecule has 1 aromatic heterocycles. The first kappa shape index (κ1) is 24.0. The number of piperazine rings is 1. The number of nitrogens with zero attached hydrogens (tertiary/aromatic N) is 5. The summed E-state index contributed by atoms with van der Waals surface area (Å²) in [4.78, 5) is 18.5. The van der Waals surface area contributed by atoms with Crippen molar-refractivity contribution in [3.05, 3.63) is 82.8 Å². The molecule has 4 aromatic rings. The Labute approximate surface area is 219 Å². The fraction of sp³-hybridized carbons (Fsp3) is 0.192. The molecule has 1 saturated heterocycles. The monoisotopic (exact) mass is 521 g/mol. The second-order valence-electron chi connectivity index (χ2n) is 8.22. The highest BCUT2D eigenvalue weighted by Gasteiger charge is 2.21. The van der Waals surface area contributed by atoms with E-state index in [-0.39, 0.29) is 0 Å². The largest absolute Gasteiger partial charge is 0.497 e. The minimum absolute atomic E-state index is 0.441. The lowest BCUT2D eigenvalue weighted by molar-refractivity contribution is 0.415. The number of ether oxygens (including phenoxy) is 1. The van der Waals surface area contributed by atoms with E-state index >= 15 is 0 Å². The quantitative estimate of drug-likeness (QED) is 0.306. The molecule has 1 fully saturated rings. The van der Waals surface area contributed by atoms with E-state index in [1.165, 1.54) is 5.69 Å². The maximum atomic E-state index is 6.03. The summed E-state index contributed by atoms with van der Waals surface area (Å²) >= 11 is 12.1. The number of rotatable bonds is 7. The van der Waals surface area contributed by atoms with Crippen molar-refractivity contribution in [2.45, 2.75) is 0 Å². The zero-order valence-electron chi connectivity index (χ0n) is 19.7. The predicted octanol–water partition coefficient (Wildman–Crippen LogP) is 6.00. The third-order valence-electron chi connectivity index (χ3n) is 5.82. The van der Waals surface area contributed by atoms with Crippen molar-refractivity contribution in [1.29, 1.82) is 0 Å². The van der Waals surface area contributed by atoms with Crippen LogP contribution in [0.15, 0.2) is 72.8 Å². The Bertz CT molecular complexity index is 1230. The van der Waals surface area contributed by atoms with Crippen LogP contribution in [0.1, 0.15) is 0 Å². The Morgan fingerprint density at radius 3 is 1.58 bits per heavy atom. The molecule has 36 heavy (non-hydrogen) atoms. The van der Waals surface area contributed by atoms with Crippen molar-refractivity contribution in [2.75, 3.05) is 53.7 Å². The number of methoxy groups -OCH3 is 1. The first-order valence-electron chi connectivity index (χ1n) is 11.5. The van der Waals surface area contributed by atoms with Crippen LogP contribution in [0, 0.1) is 0 Å². The molecule has 5 rings (SSSR count). The van der Waals surface area contributed by atoms with Crippen LogP contribution in [0.25, 0.3) is 0 Å². The first-order chi connectivity index (χ1) is 17.6. The zero-order chi connectivity index (χ0) is 24.9. The Morgan fingerprint density at radius 1 is 0.639 bits per heavy atom. The highest BCUT2D eigenvalue weighted by molar-refractivity contribution is 6.30. The standard InChI is InChI=1S/C26H25Cl2N7O/c1-36-23-12-10-22(11-13-23)34-14-16-35(17-15-34)26-32-24(29-20-6-2-18(27)3-7-20)31-25(33-26)30-21-8-4-19(28)5-9-21/h2-13H,14-17H2,1H3,(H2,29,30,31,32,33). The summed E-state index contributed by atoms with van der Waals surface area (Å²) < 4.78 is 5.28. The van der Waals surface area contributed by atoms with Crippen molar-refractivity contribution >= 4 is 58.1 Å². The van der Waals surface area contributed by atoms with Crippen molar-refractivity contribution < 1.29 is 4.74 Å². The van der Waals surface area contributed by atoms with Crippen LogP contribution in [0.3, 0.4) is 0 Å². The molecular formula is C26H25Cl2N7O. The minimum atomic E-state index is 0.441. The van der Waals surface area contributed by atoms with Gasteiger partial charge in [-0.25, -0.2) is 0 Å². The molecule has 10 heteroatoms. The van der Waals surface area contributed by atoms with E-state index < -0.39 is 0 Å². The molecule has 0 spiro atoms. The van der Waals surface area contributed by atoms with E-state index in [0.717, 1.165) is 43.3 Å². The lowest BCUT2D eigenvalue weighted by Gasteiger charge is -2.36.